The second kappa shape index (κ2) is 5.40. The highest BCUT2D eigenvalue weighted by molar-refractivity contribution is 9.10. The Bertz CT molecular complexity index is 509. The minimum Gasteiger partial charge on any atom is -0.311 e. The predicted octanol–water partition coefficient (Wildman–Crippen LogP) is 2.97. The molecule has 3 nitrogen and oxygen atoms in total. The van der Waals surface area contributed by atoms with Crippen LogP contribution in [0.15, 0.2) is 22.7 Å². The van der Waals surface area contributed by atoms with Gasteiger partial charge in [-0.2, -0.15) is 0 Å². The third kappa shape index (κ3) is 2.92. The van der Waals surface area contributed by atoms with Crippen LogP contribution in [0.2, 0.25) is 0 Å². The molecule has 1 aliphatic rings. The molecule has 1 atom stereocenters. The Labute approximate surface area is 117 Å². The van der Waals surface area contributed by atoms with Gasteiger partial charge in [0.05, 0.1) is 4.47 Å². The van der Waals surface area contributed by atoms with E-state index < -0.39 is 0 Å². The first-order valence-corrected chi connectivity index (χ1v) is 7.07. The van der Waals surface area contributed by atoms with Gasteiger partial charge in [0.2, 0.25) is 5.91 Å². The summed E-state index contributed by atoms with van der Waals surface area (Å²) in [6.45, 7) is 1.98. The quantitative estimate of drug-likeness (QED) is 0.836. The standard InChI is InChI=1S/C12H11BrFNO2S/c1-7(16)18-9-5-12(17)15(6-9)8-2-3-11(14)10(13)4-8/h2-4,9H,5-6H2,1H3. The van der Waals surface area contributed by atoms with Crippen molar-refractivity contribution in [3.8, 4) is 0 Å². The summed E-state index contributed by atoms with van der Waals surface area (Å²) in [5.41, 5.74) is 0.653. The van der Waals surface area contributed by atoms with Gasteiger partial charge in [-0.3, -0.25) is 9.59 Å². The van der Waals surface area contributed by atoms with Gasteiger partial charge >= 0.3 is 0 Å². The molecule has 0 aliphatic carbocycles. The second-order valence-electron chi connectivity index (χ2n) is 4.04. The van der Waals surface area contributed by atoms with Crippen LogP contribution in [0, 0.1) is 5.82 Å². The van der Waals surface area contributed by atoms with E-state index in [9.17, 15) is 14.0 Å². The summed E-state index contributed by atoms with van der Waals surface area (Å²) in [4.78, 5) is 24.5. The predicted molar refractivity (Wildman–Crippen MR) is 73.1 cm³/mol. The van der Waals surface area contributed by atoms with Crippen LogP contribution in [0.25, 0.3) is 0 Å². The molecule has 1 heterocycles. The van der Waals surface area contributed by atoms with E-state index in [0.29, 0.717) is 23.1 Å². The summed E-state index contributed by atoms with van der Waals surface area (Å²) in [7, 11) is 0. The lowest BCUT2D eigenvalue weighted by Gasteiger charge is -2.16. The Morgan fingerprint density at radius 3 is 2.89 bits per heavy atom. The van der Waals surface area contributed by atoms with E-state index >= 15 is 0 Å². The van der Waals surface area contributed by atoms with Gasteiger partial charge < -0.3 is 4.90 Å². The molecule has 0 spiro atoms. The van der Waals surface area contributed by atoms with Crippen molar-refractivity contribution in [1.29, 1.82) is 0 Å². The first-order chi connectivity index (χ1) is 8.47. The van der Waals surface area contributed by atoms with Crippen molar-refractivity contribution in [2.45, 2.75) is 18.6 Å². The zero-order chi connectivity index (χ0) is 13.3. The van der Waals surface area contributed by atoms with Crippen LogP contribution in [0.3, 0.4) is 0 Å². The van der Waals surface area contributed by atoms with Gasteiger partial charge in [-0.25, -0.2) is 4.39 Å². The lowest BCUT2D eigenvalue weighted by molar-refractivity contribution is -0.117. The molecule has 2 rings (SSSR count). The summed E-state index contributed by atoms with van der Waals surface area (Å²) in [6.07, 6.45) is 0.346. The summed E-state index contributed by atoms with van der Waals surface area (Å²) >= 11 is 4.28. The average Bonchev–Trinajstić information content (AvgIpc) is 2.62. The van der Waals surface area contributed by atoms with Gasteiger partial charge in [0.25, 0.3) is 0 Å². The molecule has 0 aromatic heterocycles. The summed E-state index contributed by atoms with van der Waals surface area (Å²) in [6, 6.07) is 4.46. The maximum atomic E-state index is 13.1. The zero-order valence-electron chi connectivity index (χ0n) is 9.65. The van der Waals surface area contributed by atoms with Crippen molar-refractivity contribution in [3.05, 3.63) is 28.5 Å². The minimum absolute atomic E-state index is 0.00920. The Balaban J connectivity index is 2.16. The van der Waals surface area contributed by atoms with E-state index in [4.69, 9.17) is 0 Å². The van der Waals surface area contributed by atoms with Gasteiger partial charge in [0.1, 0.15) is 5.82 Å². The number of carbonyl (C=O) groups excluding carboxylic acids is 2. The molecule has 1 saturated heterocycles. The van der Waals surface area contributed by atoms with E-state index in [1.807, 2.05) is 0 Å². The second-order valence-corrected chi connectivity index (χ2v) is 6.37. The van der Waals surface area contributed by atoms with Gasteiger partial charge in [-0.15, -0.1) is 0 Å². The number of nitrogens with zero attached hydrogens (tertiary/aromatic N) is 1. The van der Waals surface area contributed by atoms with Gasteiger partial charge in [-0.1, -0.05) is 11.8 Å². The summed E-state index contributed by atoms with van der Waals surface area (Å²) < 4.78 is 13.5. The van der Waals surface area contributed by atoms with E-state index in [2.05, 4.69) is 15.9 Å². The largest absolute Gasteiger partial charge is 0.311 e. The number of benzene rings is 1. The fourth-order valence-electron chi connectivity index (χ4n) is 1.89. The minimum atomic E-state index is -0.361. The Morgan fingerprint density at radius 1 is 1.56 bits per heavy atom. The highest BCUT2D eigenvalue weighted by Gasteiger charge is 2.32. The van der Waals surface area contributed by atoms with Crippen molar-refractivity contribution in [1.82, 2.24) is 0 Å². The topological polar surface area (TPSA) is 37.4 Å². The molecule has 0 saturated carbocycles. The SMILES string of the molecule is CC(=O)SC1CC(=O)N(c2ccc(F)c(Br)c2)C1. The number of thioether (sulfide) groups is 1. The number of amides is 1. The number of carbonyl (C=O) groups is 2. The molecular formula is C12H11BrFNO2S. The molecular weight excluding hydrogens is 321 g/mol. The van der Waals surface area contributed by atoms with Crippen LogP contribution in [-0.4, -0.2) is 22.8 Å². The maximum Gasteiger partial charge on any atom is 0.228 e. The number of halogens is 2. The average molecular weight is 332 g/mol. The maximum absolute atomic E-state index is 13.1. The van der Waals surface area contributed by atoms with Crippen molar-refractivity contribution in [2.75, 3.05) is 11.4 Å². The Kier molecular flexibility index (Phi) is 4.07. The highest BCUT2D eigenvalue weighted by atomic mass is 79.9. The first kappa shape index (κ1) is 13.5. The third-order valence-corrected chi connectivity index (χ3v) is 4.23. The van der Waals surface area contributed by atoms with E-state index in [1.54, 1.807) is 17.0 Å². The molecule has 1 unspecified atom stereocenters. The van der Waals surface area contributed by atoms with E-state index in [0.717, 1.165) is 0 Å². The van der Waals surface area contributed by atoms with Crippen LogP contribution >= 0.6 is 27.7 Å². The molecule has 1 aromatic rings. The molecule has 0 radical (unpaired) electrons. The number of hydrogen-bond acceptors (Lipinski definition) is 3. The smallest absolute Gasteiger partial charge is 0.228 e. The van der Waals surface area contributed by atoms with Crippen molar-refractivity contribution in [2.24, 2.45) is 0 Å². The Morgan fingerprint density at radius 2 is 2.28 bits per heavy atom. The number of rotatable bonds is 2. The molecule has 0 bridgehead atoms. The van der Waals surface area contributed by atoms with Crippen LogP contribution in [-0.2, 0) is 9.59 Å². The zero-order valence-corrected chi connectivity index (χ0v) is 12.1. The molecule has 6 heteroatoms. The van der Waals surface area contributed by atoms with Crippen molar-refractivity contribution in [3.63, 3.8) is 0 Å². The molecule has 96 valence electrons. The van der Waals surface area contributed by atoms with Gasteiger partial charge in [0, 0.05) is 30.8 Å². The van der Waals surface area contributed by atoms with Gasteiger partial charge in [-0.05, 0) is 34.1 Å². The normalized spacial score (nSPS) is 19.4. The fraction of sp³-hybridized carbons (Fsp3) is 0.333. The monoisotopic (exact) mass is 331 g/mol. The van der Waals surface area contributed by atoms with Crippen LogP contribution in [0.4, 0.5) is 10.1 Å². The third-order valence-electron chi connectivity index (χ3n) is 2.64. The van der Waals surface area contributed by atoms with Gasteiger partial charge in [0.15, 0.2) is 5.12 Å². The number of anilines is 1. The Hall–Kier alpha value is -0.880. The molecule has 18 heavy (non-hydrogen) atoms. The van der Waals surface area contributed by atoms with E-state index in [-0.39, 0.29) is 22.1 Å². The molecule has 1 aliphatic heterocycles. The first-order valence-electron chi connectivity index (χ1n) is 5.40. The van der Waals surface area contributed by atoms with E-state index in [1.165, 1.54) is 24.8 Å². The van der Waals surface area contributed by atoms with Crippen LogP contribution in [0.1, 0.15) is 13.3 Å². The number of hydrogen-bond donors (Lipinski definition) is 0. The fourth-order valence-corrected chi connectivity index (χ4v) is 3.18. The molecule has 1 amide bonds. The van der Waals surface area contributed by atoms with Crippen LogP contribution < -0.4 is 4.90 Å². The molecule has 1 aromatic carbocycles. The highest BCUT2D eigenvalue weighted by Crippen LogP contribution is 2.30. The summed E-state index contributed by atoms with van der Waals surface area (Å²) in [5, 5.41) is -0.00577. The van der Waals surface area contributed by atoms with Crippen molar-refractivity contribution < 1.29 is 14.0 Å². The summed E-state index contributed by atoms with van der Waals surface area (Å²) in [5.74, 6) is -0.396. The van der Waals surface area contributed by atoms with Crippen LogP contribution in [0.5, 0.6) is 0 Å². The lowest BCUT2D eigenvalue weighted by atomic mass is 10.3. The molecule has 1 fully saturated rings. The lowest BCUT2D eigenvalue weighted by Crippen LogP contribution is -2.24. The molecule has 0 N–H and O–H groups in total. The van der Waals surface area contributed by atoms with Crippen molar-refractivity contribution >= 4 is 44.4 Å².